The van der Waals surface area contributed by atoms with Crippen LogP contribution in [0.5, 0.6) is 0 Å². The van der Waals surface area contributed by atoms with Crippen LogP contribution < -0.4 is 5.32 Å². The van der Waals surface area contributed by atoms with Gasteiger partial charge in [0, 0.05) is 6.54 Å². The van der Waals surface area contributed by atoms with Gasteiger partial charge in [-0.15, -0.1) is 0 Å². The molecule has 3 heteroatoms. The zero-order valence-electron chi connectivity index (χ0n) is 13.9. The summed E-state index contributed by atoms with van der Waals surface area (Å²) >= 11 is 0. The molecule has 0 radical (unpaired) electrons. The van der Waals surface area contributed by atoms with Crippen molar-refractivity contribution in [3.63, 3.8) is 0 Å². The molecule has 0 aromatic heterocycles. The second-order valence-electron chi connectivity index (χ2n) is 7.84. The highest BCUT2D eigenvalue weighted by molar-refractivity contribution is 5.84. The van der Waals surface area contributed by atoms with Gasteiger partial charge in [-0.1, -0.05) is 40.5 Å². The van der Waals surface area contributed by atoms with Crippen LogP contribution in [-0.2, 0) is 4.79 Å². The van der Waals surface area contributed by atoms with Gasteiger partial charge in [-0.2, -0.15) is 0 Å². The quantitative estimate of drug-likeness (QED) is 0.837. The molecule has 1 aliphatic heterocycles. The third-order valence-electron chi connectivity index (χ3n) is 5.12. The Morgan fingerprint density at radius 3 is 2.30 bits per heavy atom. The van der Waals surface area contributed by atoms with Gasteiger partial charge >= 0.3 is 0 Å². The van der Waals surface area contributed by atoms with E-state index in [1.165, 1.54) is 32.1 Å². The van der Waals surface area contributed by atoms with E-state index in [4.69, 9.17) is 0 Å². The van der Waals surface area contributed by atoms with E-state index in [9.17, 15) is 4.79 Å². The highest BCUT2D eigenvalue weighted by Crippen LogP contribution is 2.44. The van der Waals surface area contributed by atoms with E-state index in [1.807, 2.05) is 0 Å². The van der Waals surface area contributed by atoms with Gasteiger partial charge in [-0.05, 0) is 43.4 Å². The van der Waals surface area contributed by atoms with Crippen molar-refractivity contribution in [1.82, 2.24) is 10.2 Å². The lowest BCUT2D eigenvalue weighted by atomic mass is 9.78. The zero-order valence-corrected chi connectivity index (χ0v) is 13.9. The zero-order chi connectivity index (χ0) is 14.9. The van der Waals surface area contributed by atoms with Gasteiger partial charge in [-0.25, -0.2) is 0 Å². The number of hydrogen-bond donors (Lipinski definition) is 1. The van der Waals surface area contributed by atoms with Crippen molar-refractivity contribution in [2.45, 2.75) is 78.9 Å². The molecule has 1 N–H and O–H groups in total. The van der Waals surface area contributed by atoms with Gasteiger partial charge in [0.2, 0.25) is 5.91 Å². The second-order valence-corrected chi connectivity index (χ2v) is 7.84. The number of nitrogens with zero attached hydrogens (tertiary/aromatic N) is 1. The molecule has 20 heavy (non-hydrogen) atoms. The van der Waals surface area contributed by atoms with Gasteiger partial charge in [0.05, 0.1) is 12.2 Å². The van der Waals surface area contributed by atoms with E-state index in [0.717, 1.165) is 12.5 Å². The number of amides is 1. The molecule has 0 bridgehead atoms. The summed E-state index contributed by atoms with van der Waals surface area (Å²) in [6, 6.07) is 0.0162. The van der Waals surface area contributed by atoms with Crippen molar-refractivity contribution in [2.75, 3.05) is 6.54 Å². The first-order chi connectivity index (χ1) is 9.34. The molecule has 0 aromatic carbocycles. The van der Waals surface area contributed by atoms with Crippen molar-refractivity contribution in [3.8, 4) is 0 Å². The van der Waals surface area contributed by atoms with Gasteiger partial charge in [-0.3, -0.25) is 10.1 Å². The number of rotatable bonds is 5. The van der Waals surface area contributed by atoms with Crippen LogP contribution in [0, 0.1) is 17.3 Å². The van der Waals surface area contributed by atoms with Crippen LogP contribution in [0.3, 0.4) is 0 Å². The Labute approximate surface area is 124 Å². The van der Waals surface area contributed by atoms with Crippen LogP contribution >= 0.6 is 0 Å². The van der Waals surface area contributed by atoms with Crippen LogP contribution in [0.25, 0.3) is 0 Å². The minimum Gasteiger partial charge on any atom is -0.326 e. The maximum Gasteiger partial charge on any atom is 0.241 e. The predicted molar refractivity (Wildman–Crippen MR) is 83.3 cm³/mol. The first kappa shape index (κ1) is 15.8. The van der Waals surface area contributed by atoms with E-state index < -0.39 is 0 Å². The summed E-state index contributed by atoms with van der Waals surface area (Å²) in [5.41, 5.74) is 0.381. The normalized spacial score (nSPS) is 29.9. The summed E-state index contributed by atoms with van der Waals surface area (Å²) in [5.74, 6) is 1.41. The van der Waals surface area contributed by atoms with Gasteiger partial charge in [0.15, 0.2) is 0 Å². The molecule has 0 aromatic rings. The summed E-state index contributed by atoms with van der Waals surface area (Å²) in [4.78, 5) is 14.8. The predicted octanol–water partition coefficient (Wildman–Crippen LogP) is 3.40. The third-order valence-corrected chi connectivity index (χ3v) is 5.12. The average Bonchev–Trinajstić information content (AvgIpc) is 2.89. The molecule has 116 valence electrons. The lowest BCUT2D eigenvalue weighted by Gasteiger charge is -2.36. The molecular formula is C17H32N2O. The van der Waals surface area contributed by atoms with Gasteiger partial charge in [0.25, 0.3) is 0 Å². The molecule has 2 unspecified atom stereocenters. The van der Waals surface area contributed by atoms with Crippen molar-refractivity contribution < 1.29 is 4.79 Å². The molecule has 2 atom stereocenters. The Bertz CT molecular complexity index is 345. The number of hydrogen-bond acceptors (Lipinski definition) is 2. The summed E-state index contributed by atoms with van der Waals surface area (Å²) < 4.78 is 0. The summed E-state index contributed by atoms with van der Waals surface area (Å²) in [6.45, 7) is 12.0. The molecule has 1 aliphatic carbocycles. The molecule has 2 fully saturated rings. The lowest BCUT2D eigenvalue weighted by Crippen LogP contribution is -2.43. The Balaban J connectivity index is 2.09. The maximum atomic E-state index is 12.6. The third kappa shape index (κ3) is 3.19. The van der Waals surface area contributed by atoms with E-state index in [2.05, 4.69) is 44.8 Å². The summed E-state index contributed by atoms with van der Waals surface area (Å²) in [6.07, 6.45) is 6.73. The van der Waals surface area contributed by atoms with E-state index in [-0.39, 0.29) is 12.2 Å². The molecule has 2 aliphatic rings. The summed E-state index contributed by atoms with van der Waals surface area (Å²) in [7, 11) is 0. The fourth-order valence-electron chi connectivity index (χ4n) is 4.26. The second kappa shape index (κ2) is 6.05. The minimum absolute atomic E-state index is 0.0162. The highest BCUT2D eigenvalue weighted by atomic mass is 16.2. The summed E-state index contributed by atoms with van der Waals surface area (Å²) in [5, 5.41) is 3.47. The van der Waals surface area contributed by atoms with E-state index >= 15 is 0 Å². The number of nitrogens with one attached hydrogen (secondary N) is 1. The van der Waals surface area contributed by atoms with Crippen LogP contribution in [0.15, 0.2) is 0 Å². The minimum atomic E-state index is 0.0162. The molecule has 3 nitrogen and oxygen atoms in total. The first-order valence-electron chi connectivity index (χ1n) is 8.41. The Morgan fingerprint density at radius 1 is 1.25 bits per heavy atom. The van der Waals surface area contributed by atoms with E-state index in [0.29, 0.717) is 17.2 Å². The van der Waals surface area contributed by atoms with Crippen LogP contribution in [0.1, 0.15) is 66.7 Å². The molecular weight excluding hydrogens is 248 g/mol. The Morgan fingerprint density at radius 2 is 1.85 bits per heavy atom. The van der Waals surface area contributed by atoms with Crippen molar-refractivity contribution in [2.24, 2.45) is 17.3 Å². The lowest BCUT2D eigenvalue weighted by molar-refractivity contribution is -0.132. The monoisotopic (exact) mass is 280 g/mol. The molecule has 1 heterocycles. The fraction of sp³-hybridized carbons (Fsp3) is 0.941. The topological polar surface area (TPSA) is 32.3 Å². The molecule has 1 saturated carbocycles. The maximum absolute atomic E-state index is 12.6. The Kier molecular flexibility index (Phi) is 4.78. The van der Waals surface area contributed by atoms with Crippen molar-refractivity contribution >= 4 is 5.91 Å². The highest BCUT2D eigenvalue weighted by Gasteiger charge is 2.43. The molecule has 1 amide bonds. The van der Waals surface area contributed by atoms with Gasteiger partial charge in [0.1, 0.15) is 0 Å². The Hall–Kier alpha value is -0.570. The van der Waals surface area contributed by atoms with Crippen LogP contribution in [0.2, 0.25) is 0 Å². The van der Waals surface area contributed by atoms with Gasteiger partial charge < -0.3 is 4.90 Å². The fourth-order valence-corrected chi connectivity index (χ4v) is 4.26. The SMILES string of the molecule is CC(C)CC1(CN2C(=O)C(C(C)C)NC2C)CCCC1. The molecule has 0 spiro atoms. The first-order valence-corrected chi connectivity index (χ1v) is 8.41. The van der Waals surface area contributed by atoms with Crippen LogP contribution in [-0.4, -0.2) is 29.6 Å². The van der Waals surface area contributed by atoms with Crippen LogP contribution in [0.4, 0.5) is 0 Å². The largest absolute Gasteiger partial charge is 0.326 e. The average molecular weight is 280 g/mol. The molecule has 2 rings (SSSR count). The van der Waals surface area contributed by atoms with Crippen molar-refractivity contribution in [1.29, 1.82) is 0 Å². The van der Waals surface area contributed by atoms with E-state index in [1.54, 1.807) is 0 Å². The standard InChI is InChI=1S/C17H32N2O/c1-12(2)10-17(8-6-7-9-17)11-19-14(5)18-15(13(3)4)16(19)20/h12-15,18H,6-11H2,1-5H3. The smallest absolute Gasteiger partial charge is 0.241 e. The molecule has 1 saturated heterocycles. The number of carbonyl (C=O) groups excluding carboxylic acids is 1. The van der Waals surface area contributed by atoms with Crippen molar-refractivity contribution in [3.05, 3.63) is 0 Å². The number of carbonyl (C=O) groups is 1.